The molecular weight excluding hydrogens is 298 g/mol. The van der Waals surface area contributed by atoms with E-state index in [2.05, 4.69) is 10.0 Å². The van der Waals surface area contributed by atoms with Crippen LogP contribution in [-0.2, 0) is 16.6 Å². The molecule has 7 heteroatoms. The minimum atomic E-state index is -4.34. The summed E-state index contributed by atoms with van der Waals surface area (Å²) in [6, 6.07) is 9.53. The number of halogens is 2. The van der Waals surface area contributed by atoms with Gasteiger partial charge in [-0.3, -0.25) is 4.72 Å². The summed E-state index contributed by atoms with van der Waals surface area (Å²) < 4.78 is 53.9. The van der Waals surface area contributed by atoms with Crippen molar-refractivity contribution in [2.24, 2.45) is 0 Å². The molecule has 2 aromatic carbocycles. The van der Waals surface area contributed by atoms with E-state index < -0.39 is 26.6 Å². The van der Waals surface area contributed by atoms with Gasteiger partial charge in [0.25, 0.3) is 10.0 Å². The minimum absolute atomic E-state index is 0.273. The molecule has 0 radical (unpaired) electrons. The van der Waals surface area contributed by atoms with Crippen molar-refractivity contribution in [1.82, 2.24) is 5.32 Å². The summed E-state index contributed by atoms with van der Waals surface area (Å²) in [5, 5.41) is 2.89. The van der Waals surface area contributed by atoms with E-state index in [1.165, 1.54) is 6.07 Å². The summed E-state index contributed by atoms with van der Waals surface area (Å²) in [4.78, 5) is -0.982. The van der Waals surface area contributed by atoms with Crippen molar-refractivity contribution in [1.29, 1.82) is 0 Å². The van der Waals surface area contributed by atoms with Crippen LogP contribution >= 0.6 is 0 Å². The van der Waals surface area contributed by atoms with Crippen LogP contribution in [0.3, 0.4) is 0 Å². The Bertz CT molecular complexity index is 728. The van der Waals surface area contributed by atoms with Crippen LogP contribution in [0, 0.1) is 11.6 Å². The van der Waals surface area contributed by atoms with E-state index in [1.807, 2.05) is 0 Å². The molecule has 2 N–H and O–H groups in total. The highest BCUT2D eigenvalue weighted by Crippen LogP contribution is 2.23. The fourth-order valence-electron chi connectivity index (χ4n) is 1.90. The lowest BCUT2D eigenvalue weighted by molar-refractivity contribution is 0.521. The quantitative estimate of drug-likeness (QED) is 0.892. The second-order valence-electron chi connectivity index (χ2n) is 4.34. The Morgan fingerprint density at radius 1 is 1.00 bits per heavy atom. The van der Waals surface area contributed by atoms with Gasteiger partial charge in [0.1, 0.15) is 11.6 Å². The molecular formula is C14H14F2N2O2S. The molecule has 2 rings (SSSR count). The van der Waals surface area contributed by atoms with Gasteiger partial charge >= 0.3 is 0 Å². The number of hydrogen-bond donors (Lipinski definition) is 2. The highest BCUT2D eigenvalue weighted by atomic mass is 32.2. The zero-order valence-electron chi connectivity index (χ0n) is 11.2. The molecule has 0 atom stereocenters. The second kappa shape index (κ2) is 6.19. The average molecular weight is 312 g/mol. The summed E-state index contributed by atoms with van der Waals surface area (Å²) in [5.74, 6) is -2.26. The smallest absolute Gasteiger partial charge is 0.267 e. The first-order valence-corrected chi connectivity index (χ1v) is 7.63. The van der Waals surface area contributed by atoms with E-state index in [0.29, 0.717) is 12.1 Å². The molecule has 0 bridgehead atoms. The van der Waals surface area contributed by atoms with Gasteiger partial charge in [-0.25, -0.2) is 17.2 Å². The number of benzene rings is 2. The van der Waals surface area contributed by atoms with Crippen LogP contribution in [0.4, 0.5) is 14.5 Å². The molecule has 0 aliphatic heterocycles. The standard InChI is InChI=1S/C14H14F2N2O2S/c1-17-9-10-5-2-3-8-13(10)18-21(19,20)14-11(15)6-4-7-12(14)16/h2-8,17-18H,9H2,1H3. The SMILES string of the molecule is CNCc1ccccc1NS(=O)(=O)c1c(F)cccc1F. The molecule has 0 aliphatic carbocycles. The summed E-state index contributed by atoms with van der Waals surface area (Å²) in [7, 11) is -2.63. The molecule has 0 saturated carbocycles. The fraction of sp³-hybridized carbons (Fsp3) is 0.143. The molecule has 0 saturated heterocycles. The van der Waals surface area contributed by atoms with Gasteiger partial charge in [0.05, 0.1) is 5.69 Å². The van der Waals surface area contributed by atoms with Gasteiger partial charge in [0.15, 0.2) is 4.90 Å². The molecule has 4 nitrogen and oxygen atoms in total. The normalized spacial score (nSPS) is 11.4. The highest BCUT2D eigenvalue weighted by Gasteiger charge is 2.24. The lowest BCUT2D eigenvalue weighted by atomic mass is 10.2. The Kier molecular flexibility index (Phi) is 4.54. The predicted molar refractivity (Wildman–Crippen MR) is 76.4 cm³/mol. The lowest BCUT2D eigenvalue weighted by Crippen LogP contribution is -2.18. The lowest BCUT2D eigenvalue weighted by Gasteiger charge is -2.13. The van der Waals surface area contributed by atoms with Crippen LogP contribution in [0.5, 0.6) is 0 Å². The van der Waals surface area contributed by atoms with Gasteiger partial charge in [0.2, 0.25) is 0 Å². The van der Waals surface area contributed by atoms with E-state index in [-0.39, 0.29) is 5.69 Å². The Balaban J connectivity index is 2.43. The number of para-hydroxylation sites is 1. The van der Waals surface area contributed by atoms with Crippen LogP contribution in [-0.4, -0.2) is 15.5 Å². The number of nitrogens with one attached hydrogen (secondary N) is 2. The number of sulfonamides is 1. The third kappa shape index (κ3) is 3.37. The van der Waals surface area contributed by atoms with Crippen molar-refractivity contribution in [3.63, 3.8) is 0 Å². The Morgan fingerprint density at radius 3 is 2.24 bits per heavy atom. The first-order valence-electron chi connectivity index (χ1n) is 6.15. The largest absolute Gasteiger partial charge is 0.316 e. The first-order chi connectivity index (χ1) is 9.95. The van der Waals surface area contributed by atoms with Crippen molar-refractivity contribution in [2.45, 2.75) is 11.4 Å². The van der Waals surface area contributed by atoms with Crippen molar-refractivity contribution in [2.75, 3.05) is 11.8 Å². The van der Waals surface area contributed by atoms with E-state index >= 15 is 0 Å². The van der Waals surface area contributed by atoms with Crippen LogP contribution in [0.25, 0.3) is 0 Å². The van der Waals surface area contributed by atoms with Crippen molar-refractivity contribution in [3.8, 4) is 0 Å². The van der Waals surface area contributed by atoms with Crippen LogP contribution < -0.4 is 10.0 Å². The first kappa shape index (κ1) is 15.4. The van der Waals surface area contributed by atoms with E-state index in [9.17, 15) is 17.2 Å². The van der Waals surface area contributed by atoms with Crippen molar-refractivity contribution < 1.29 is 17.2 Å². The zero-order valence-corrected chi connectivity index (χ0v) is 12.0. The van der Waals surface area contributed by atoms with Gasteiger partial charge in [-0.2, -0.15) is 0 Å². The van der Waals surface area contributed by atoms with Crippen LogP contribution in [0.2, 0.25) is 0 Å². The molecule has 2 aromatic rings. The maximum absolute atomic E-state index is 13.6. The Labute approximate surface area is 121 Å². The van der Waals surface area contributed by atoms with Gasteiger partial charge in [-0.15, -0.1) is 0 Å². The van der Waals surface area contributed by atoms with E-state index in [0.717, 1.165) is 18.2 Å². The number of rotatable bonds is 5. The van der Waals surface area contributed by atoms with Gasteiger partial charge in [-0.1, -0.05) is 24.3 Å². The maximum Gasteiger partial charge on any atom is 0.267 e. The van der Waals surface area contributed by atoms with E-state index in [4.69, 9.17) is 0 Å². The monoisotopic (exact) mass is 312 g/mol. The van der Waals surface area contributed by atoms with Crippen LogP contribution in [0.15, 0.2) is 47.4 Å². The maximum atomic E-state index is 13.6. The van der Waals surface area contributed by atoms with Crippen LogP contribution in [0.1, 0.15) is 5.56 Å². The third-order valence-corrected chi connectivity index (χ3v) is 4.23. The van der Waals surface area contributed by atoms with Crippen molar-refractivity contribution >= 4 is 15.7 Å². The number of anilines is 1. The molecule has 112 valence electrons. The van der Waals surface area contributed by atoms with Crippen molar-refractivity contribution in [3.05, 3.63) is 59.7 Å². The molecule has 21 heavy (non-hydrogen) atoms. The van der Waals surface area contributed by atoms with E-state index in [1.54, 1.807) is 25.2 Å². The Morgan fingerprint density at radius 2 is 1.62 bits per heavy atom. The third-order valence-electron chi connectivity index (χ3n) is 2.82. The molecule has 0 aliphatic rings. The predicted octanol–water partition coefficient (Wildman–Crippen LogP) is 2.49. The summed E-state index contributed by atoms with van der Waals surface area (Å²) in [6.07, 6.45) is 0. The number of hydrogen-bond acceptors (Lipinski definition) is 3. The average Bonchev–Trinajstić information content (AvgIpc) is 2.40. The van der Waals surface area contributed by atoms with Gasteiger partial charge in [-0.05, 0) is 30.8 Å². The highest BCUT2D eigenvalue weighted by molar-refractivity contribution is 7.92. The molecule has 0 spiro atoms. The van der Waals surface area contributed by atoms with Gasteiger partial charge in [0, 0.05) is 6.54 Å². The summed E-state index contributed by atoms with van der Waals surface area (Å²) in [6.45, 7) is 0.415. The molecule has 0 aromatic heterocycles. The second-order valence-corrected chi connectivity index (χ2v) is 5.96. The molecule has 0 heterocycles. The topological polar surface area (TPSA) is 58.2 Å². The van der Waals surface area contributed by atoms with Gasteiger partial charge < -0.3 is 5.32 Å². The minimum Gasteiger partial charge on any atom is -0.316 e. The molecule has 0 fully saturated rings. The zero-order chi connectivity index (χ0) is 15.5. The fourth-order valence-corrected chi connectivity index (χ4v) is 3.14. The Hall–Kier alpha value is -1.99. The summed E-state index contributed by atoms with van der Waals surface area (Å²) >= 11 is 0. The molecule has 0 unspecified atom stereocenters. The summed E-state index contributed by atoms with van der Waals surface area (Å²) in [5.41, 5.74) is 0.940. The molecule has 0 amide bonds.